The minimum absolute atomic E-state index is 0.653. The Bertz CT molecular complexity index is 2380. The summed E-state index contributed by atoms with van der Waals surface area (Å²) in [4.78, 5) is 17.9. The van der Waals surface area contributed by atoms with E-state index in [1.165, 1.54) is 0 Å². The Labute approximate surface area is 266 Å². The predicted molar refractivity (Wildman–Crippen MR) is 187 cm³/mol. The molecule has 216 valence electrons. The van der Waals surface area contributed by atoms with Gasteiger partial charge in [-0.25, -0.2) is 15.0 Å². The predicted octanol–water partition coefficient (Wildman–Crippen LogP) is 10.3. The van der Waals surface area contributed by atoms with Crippen molar-refractivity contribution in [3.05, 3.63) is 164 Å². The molecule has 0 fully saturated rings. The molecule has 0 aliphatic carbocycles. The van der Waals surface area contributed by atoms with E-state index >= 15 is 0 Å². The van der Waals surface area contributed by atoms with Crippen LogP contribution >= 0.6 is 0 Å². The molecule has 5 heteroatoms. The third-order valence-corrected chi connectivity index (χ3v) is 8.56. The number of hydrogen-bond acceptors (Lipinski definition) is 4. The summed E-state index contributed by atoms with van der Waals surface area (Å²) >= 11 is 0. The Kier molecular flexibility index (Phi) is 6.06. The lowest BCUT2D eigenvalue weighted by Gasteiger charge is -2.24. The number of nitrogens with zero attached hydrogens (tertiary/aromatic N) is 5. The van der Waals surface area contributed by atoms with Gasteiger partial charge in [0.2, 0.25) is 5.95 Å². The minimum Gasteiger partial charge on any atom is -0.277 e. The average molecular weight is 590 g/mol. The fourth-order valence-corrected chi connectivity index (χ4v) is 6.43. The van der Waals surface area contributed by atoms with Crippen LogP contribution in [0.2, 0.25) is 0 Å². The van der Waals surface area contributed by atoms with Gasteiger partial charge >= 0.3 is 0 Å². The van der Waals surface area contributed by atoms with Crippen LogP contribution in [0.4, 0.5) is 17.5 Å². The maximum atomic E-state index is 5.27. The van der Waals surface area contributed by atoms with Crippen molar-refractivity contribution < 1.29 is 0 Å². The maximum Gasteiger partial charge on any atom is 0.221 e. The average Bonchev–Trinajstić information content (AvgIpc) is 3.46. The topological polar surface area (TPSA) is 46.8 Å². The van der Waals surface area contributed by atoms with Gasteiger partial charge in [0, 0.05) is 28.3 Å². The first-order valence-corrected chi connectivity index (χ1v) is 15.4. The molecular formula is C41H27N5. The van der Waals surface area contributed by atoms with Crippen molar-refractivity contribution in [2.24, 2.45) is 0 Å². The highest BCUT2D eigenvalue weighted by molar-refractivity contribution is 5.96. The number of aromatic nitrogens is 4. The number of imidazole rings is 1. The molecule has 0 saturated heterocycles. The van der Waals surface area contributed by atoms with Gasteiger partial charge in [0.1, 0.15) is 5.82 Å². The Morgan fingerprint density at radius 1 is 0.413 bits per heavy atom. The third kappa shape index (κ3) is 4.29. The largest absolute Gasteiger partial charge is 0.277 e. The number of anilines is 3. The molecule has 5 nitrogen and oxygen atoms in total. The quantitative estimate of drug-likeness (QED) is 0.205. The van der Waals surface area contributed by atoms with Crippen LogP contribution in [0, 0.1) is 0 Å². The summed E-state index contributed by atoms with van der Waals surface area (Å²) in [6, 6.07) is 56.6. The van der Waals surface area contributed by atoms with Crippen LogP contribution in [0.1, 0.15) is 0 Å². The van der Waals surface area contributed by atoms with Crippen molar-refractivity contribution in [3.63, 3.8) is 0 Å². The summed E-state index contributed by atoms with van der Waals surface area (Å²) in [5.41, 5.74) is 11.4. The standard InChI is InChI=1S/C41H27N5/c1-3-14-28(15-4-1)30-18-13-19-31(26-30)35-27-39(44-40(42-35)29-16-5-2-6-17-29)46-37-24-11-8-21-33(37)32-20-7-10-23-36(32)45-38-25-12-9-22-34(38)43-41(45)46/h1-27H. The molecule has 8 aromatic rings. The Morgan fingerprint density at radius 3 is 1.83 bits per heavy atom. The van der Waals surface area contributed by atoms with Gasteiger partial charge in [-0.3, -0.25) is 9.47 Å². The molecule has 0 bridgehead atoms. The lowest BCUT2D eigenvalue weighted by molar-refractivity contribution is 1.02. The van der Waals surface area contributed by atoms with Crippen LogP contribution in [0.3, 0.4) is 0 Å². The van der Waals surface area contributed by atoms with Crippen LogP contribution in [0.5, 0.6) is 0 Å². The SMILES string of the molecule is c1ccc(-c2cccc(-c3cc(N4c5ccccc5-c5ccccc5-n5c4nc4ccccc45)nc(-c4ccccc4)n3)c2)cc1. The zero-order valence-electron chi connectivity index (χ0n) is 24.8. The first kappa shape index (κ1) is 26.1. The highest BCUT2D eigenvalue weighted by Crippen LogP contribution is 2.47. The number of benzene rings is 6. The summed E-state index contributed by atoms with van der Waals surface area (Å²) < 4.78 is 2.25. The van der Waals surface area contributed by atoms with Crippen LogP contribution in [0.25, 0.3) is 61.6 Å². The first-order valence-electron chi connectivity index (χ1n) is 15.4. The van der Waals surface area contributed by atoms with Gasteiger partial charge in [-0.2, -0.15) is 0 Å². The van der Waals surface area contributed by atoms with E-state index in [9.17, 15) is 0 Å². The van der Waals surface area contributed by atoms with E-state index in [4.69, 9.17) is 15.0 Å². The van der Waals surface area contributed by atoms with Crippen LogP contribution in [-0.2, 0) is 0 Å². The molecule has 0 saturated carbocycles. The third-order valence-electron chi connectivity index (χ3n) is 8.56. The lowest BCUT2D eigenvalue weighted by Crippen LogP contribution is -2.16. The molecule has 3 heterocycles. The maximum absolute atomic E-state index is 5.27. The summed E-state index contributed by atoms with van der Waals surface area (Å²) in [6.07, 6.45) is 0. The Hall–Kier alpha value is -6.33. The normalized spacial score (nSPS) is 11.9. The lowest BCUT2D eigenvalue weighted by atomic mass is 10.0. The molecule has 9 rings (SSSR count). The van der Waals surface area contributed by atoms with E-state index in [2.05, 4.69) is 143 Å². The van der Waals surface area contributed by atoms with Crippen LogP contribution in [-0.4, -0.2) is 19.5 Å². The van der Waals surface area contributed by atoms with E-state index < -0.39 is 0 Å². The second kappa shape index (κ2) is 10.7. The molecule has 0 N–H and O–H groups in total. The van der Waals surface area contributed by atoms with Gasteiger partial charge in [0.05, 0.1) is 28.1 Å². The van der Waals surface area contributed by atoms with Crippen LogP contribution in [0.15, 0.2) is 164 Å². The number of para-hydroxylation sites is 4. The van der Waals surface area contributed by atoms with Crippen molar-refractivity contribution in [2.75, 3.05) is 4.90 Å². The summed E-state index contributed by atoms with van der Waals surface area (Å²) in [5, 5.41) is 0. The van der Waals surface area contributed by atoms with Crippen molar-refractivity contribution in [2.45, 2.75) is 0 Å². The molecule has 6 aromatic carbocycles. The monoisotopic (exact) mass is 589 g/mol. The molecule has 0 atom stereocenters. The Morgan fingerprint density at radius 2 is 1.02 bits per heavy atom. The Balaban J connectivity index is 1.34. The van der Waals surface area contributed by atoms with Crippen molar-refractivity contribution in [1.82, 2.24) is 19.5 Å². The molecule has 0 unspecified atom stereocenters. The van der Waals surface area contributed by atoms with Gasteiger partial charge in [0.15, 0.2) is 5.82 Å². The highest BCUT2D eigenvalue weighted by atomic mass is 15.4. The molecule has 1 aliphatic heterocycles. The molecule has 0 spiro atoms. The van der Waals surface area contributed by atoms with E-state index in [1.54, 1.807) is 0 Å². The van der Waals surface area contributed by atoms with E-state index in [0.717, 1.165) is 73.2 Å². The van der Waals surface area contributed by atoms with Crippen molar-refractivity contribution in [1.29, 1.82) is 0 Å². The molecule has 46 heavy (non-hydrogen) atoms. The number of hydrogen-bond donors (Lipinski definition) is 0. The van der Waals surface area contributed by atoms with E-state index in [1.807, 2.05) is 30.3 Å². The fraction of sp³-hybridized carbons (Fsp3) is 0. The number of fused-ring (bicyclic) bond motifs is 7. The smallest absolute Gasteiger partial charge is 0.221 e. The molecule has 1 aliphatic rings. The summed E-state index contributed by atoms with van der Waals surface area (Å²) in [5.74, 6) is 2.17. The van der Waals surface area contributed by atoms with Crippen LogP contribution < -0.4 is 4.90 Å². The fourth-order valence-electron chi connectivity index (χ4n) is 6.43. The molecule has 0 amide bonds. The second-order valence-electron chi connectivity index (χ2n) is 11.4. The zero-order chi connectivity index (χ0) is 30.5. The number of rotatable bonds is 4. The summed E-state index contributed by atoms with van der Waals surface area (Å²) in [7, 11) is 0. The second-order valence-corrected chi connectivity index (χ2v) is 11.4. The van der Waals surface area contributed by atoms with Gasteiger partial charge in [-0.1, -0.05) is 127 Å². The van der Waals surface area contributed by atoms with E-state index in [-0.39, 0.29) is 0 Å². The molecular weight excluding hydrogens is 562 g/mol. The van der Waals surface area contributed by atoms with Gasteiger partial charge < -0.3 is 0 Å². The van der Waals surface area contributed by atoms with Gasteiger partial charge in [0.25, 0.3) is 0 Å². The van der Waals surface area contributed by atoms with E-state index in [0.29, 0.717) is 5.82 Å². The van der Waals surface area contributed by atoms with Crippen molar-refractivity contribution >= 4 is 28.5 Å². The zero-order valence-corrected chi connectivity index (χ0v) is 24.8. The highest BCUT2D eigenvalue weighted by Gasteiger charge is 2.30. The summed E-state index contributed by atoms with van der Waals surface area (Å²) in [6.45, 7) is 0. The first-order chi connectivity index (χ1) is 22.8. The van der Waals surface area contributed by atoms with Gasteiger partial charge in [-0.05, 0) is 41.5 Å². The van der Waals surface area contributed by atoms with Gasteiger partial charge in [-0.15, -0.1) is 0 Å². The minimum atomic E-state index is 0.653. The molecule has 0 radical (unpaired) electrons. The van der Waals surface area contributed by atoms with Crippen molar-refractivity contribution in [3.8, 4) is 50.6 Å². The molecule has 2 aromatic heterocycles.